The molecule has 1 aliphatic rings. The first-order valence-electron chi connectivity index (χ1n) is 7.15. The molecule has 1 aromatic carbocycles. The molecule has 1 fully saturated rings. The van der Waals surface area contributed by atoms with Crippen LogP contribution in [-0.4, -0.2) is 47.8 Å². The van der Waals surface area contributed by atoms with Crippen LogP contribution in [0.1, 0.15) is 13.8 Å². The number of hydrogen-bond donors (Lipinski definition) is 2. The molecule has 0 atom stereocenters. The fourth-order valence-electron chi connectivity index (χ4n) is 2.59. The molecule has 0 bridgehead atoms. The van der Waals surface area contributed by atoms with Gasteiger partial charge in [0.15, 0.2) is 5.78 Å². The molecule has 22 heavy (non-hydrogen) atoms. The fraction of sp³-hybridized carbons (Fsp3) is 0.375. The number of piperazine rings is 1. The second kappa shape index (κ2) is 6.60. The van der Waals surface area contributed by atoms with Gasteiger partial charge in [0.2, 0.25) is 0 Å². The number of amidine groups is 1. The Hall–Kier alpha value is -2.37. The molecule has 118 valence electrons. The minimum atomic E-state index is -0.314. The summed E-state index contributed by atoms with van der Waals surface area (Å²) in [5, 5.41) is 17.7. The van der Waals surface area contributed by atoms with Gasteiger partial charge in [-0.25, -0.2) is 4.39 Å². The van der Waals surface area contributed by atoms with E-state index in [1.807, 2.05) is 0 Å². The lowest BCUT2D eigenvalue weighted by molar-refractivity contribution is -0.113. The first kappa shape index (κ1) is 16.0. The van der Waals surface area contributed by atoms with Gasteiger partial charge in [-0.2, -0.15) is 0 Å². The van der Waals surface area contributed by atoms with Crippen LogP contribution in [0.2, 0.25) is 0 Å². The molecule has 1 aliphatic heterocycles. The number of nitrogens with one attached hydrogen (secondary N) is 1. The lowest BCUT2D eigenvalue weighted by Crippen LogP contribution is -2.49. The van der Waals surface area contributed by atoms with Crippen molar-refractivity contribution in [3.8, 4) is 0 Å². The number of carbonyl (C=O) groups excluding carboxylic acids is 1. The third-order valence-corrected chi connectivity index (χ3v) is 3.74. The number of hydrogen-bond acceptors (Lipinski definition) is 4. The van der Waals surface area contributed by atoms with Gasteiger partial charge in [-0.3, -0.25) is 10.2 Å². The molecule has 0 unspecified atom stereocenters. The largest absolute Gasteiger partial charge is 0.512 e. The maximum atomic E-state index is 12.9. The highest BCUT2D eigenvalue weighted by atomic mass is 19.1. The van der Waals surface area contributed by atoms with Crippen molar-refractivity contribution in [2.45, 2.75) is 13.8 Å². The van der Waals surface area contributed by atoms with E-state index < -0.39 is 0 Å². The van der Waals surface area contributed by atoms with Gasteiger partial charge in [-0.1, -0.05) is 0 Å². The van der Waals surface area contributed by atoms with E-state index in [4.69, 9.17) is 5.41 Å². The minimum absolute atomic E-state index is 0.0613. The zero-order valence-electron chi connectivity index (χ0n) is 12.8. The highest BCUT2D eigenvalue weighted by molar-refractivity contribution is 6.19. The van der Waals surface area contributed by atoms with Crippen molar-refractivity contribution in [1.82, 2.24) is 4.90 Å². The van der Waals surface area contributed by atoms with Gasteiger partial charge in [0, 0.05) is 31.9 Å². The second-order valence-corrected chi connectivity index (χ2v) is 5.32. The predicted molar refractivity (Wildman–Crippen MR) is 83.9 cm³/mol. The number of carbonyl (C=O) groups is 1. The van der Waals surface area contributed by atoms with Crippen molar-refractivity contribution in [3.05, 3.63) is 41.4 Å². The lowest BCUT2D eigenvalue weighted by atomic mass is 10.1. The van der Waals surface area contributed by atoms with Gasteiger partial charge in [-0.05, 0) is 38.1 Å². The predicted octanol–water partition coefficient (Wildman–Crippen LogP) is 2.35. The maximum Gasteiger partial charge on any atom is 0.166 e. The third-order valence-electron chi connectivity index (χ3n) is 3.74. The van der Waals surface area contributed by atoms with Gasteiger partial charge < -0.3 is 14.9 Å². The summed E-state index contributed by atoms with van der Waals surface area (Å²) in [7, 11) is 0. The number of nitrogens with zero attached hydrogens (tertiary/aromatic N) is 2. The Labute approximate surface area is 129 Å². The average Bonchev–Trinajstić information content (AvgIpc) is 2.47. The molecule has 0 spiro atoms. The van der Waals surface area contributed by atoms with E-state index in [1.165, 1.54) is 26.0 Å². The molecular weight excluding hydrogens is 285 g/mol. The van der Waals surface area contributed by atoms with E-state index in [9.17, 15) is 14.3 Å². The van der Waals surface area contributed by atoms with Crippen LogP contribution in [0.5, 0.6) is 0 Å². The smallest absolute Gasteiger partial charge is 0.166 e. The normalized spacial score (nSPS) is 16.3. The lowest BCUT2D eigenvalue weighted by Gasteiger charge is -2.37. The van der Waals surface area contributed by atoms with Gasteiger partial charge in [0.05, 0.1) is 5.57 Å². The van der Waals surface area contributed by atoms with E-state index in [0.717, 1.165) is 5.69 Å². The Morgan fingerprint density at radius 1 is 1.14 bits per heavy atom. The van der Waals surface area contributed by atoms with Crippen molar-refractivity contribution in [3.63, 3.8) is 0 Å². The molecule has 0 saturated carbocycles. The van der Waals surface area contributed by atoms with Gasteiger partial charge >= 0.3 is 0 Å². The Kier molecular flexibility index (Phi) is 4.80. The molecule has 0 amide bonds. The number of Topliss-reactive ketones (excluding diaryl/α,β-unsaturated/α-hetero) is 1. The summed E-state index contributed by atoms with van der Waals surface area (Å²) in [6.07, 6.45) is 0. The Morgan fingerprint density at radius 2 is 1.68 bits per heavy atom. The Morgan fingerprint density at radius 3 is 2.14 bits per heavy atom. The van der Waals surface area contributed by atoms with E-state index in [0.29, 0.717) is 26.2 Å². The van der Waals surface area contributed by atoms with Crippen LogP contribution in [0.25, 0.3) is 0 Å². The number of aliphatic hydroxyl groups excluding tert-OH is 1. The van der Waals surface area contributed by atoms with Crippen LogP contribution < -0.4 is 4.90 Å². The van der Waals surface area contributed by atoms with Crippen LogP contribution in [-0.2, 0) is 4.79 Å². The first-order chi connectivity index (χ1) is 10.4. The Balaban J connectivity index is 2.03. The molecule has 0 aromatic heterocycles. The molecule has 0 aliphatic carbocycles. The molecule has 1 saturated heterocycles. The summed E-state index contributed by atoms with van der Waals surface area (Å²) < 4.78 is 12.9. The summed E-state index contributed by atoms with van der Waals surface area (Å²) >= 11 is 0. The second-order valence-electron chi connectivity index (χ2n) is 5.32. The minimum Gasteiger partial charge on any atom is -0.512 e. The molecule has 1 aromatic rings. The third kappa shape index (κ3) is 3.44. The monoisotopic (exact) mass is 305 g/mol. The van der Waals surface area contributed by atoms with Crippen molar-refractivity contribution < 1.29 is 14.3 Å². The van der Waals surface area contributed by atoms with E-state index >= 15 is 0 Å². The molecule has 2 rings (SSSR count). The standard InChI is InChI=1S/C16H20FN3O2/c1-11(21)15(12(2)22)16(18)20-9-7-19(8-10-20)14-5-3-13(17)4-6-14/h3-6,18,21H,7-10H2,1-2H3/b15-11-,18-16?. The van der Waals surface area contributed by atoms with Crippen LogP contribution >= 0.6 is 0 Å². The number of aliphatic hydroxyl groups is 1. The van der Waals surface area contributed by atoms with E-state index in [-0.39, 0.29) is 28.8 Å². The van der Waals surface area contributed by atoms with Crippen molar-refractivity contribution in [2.75, 3.05) is 31.1 Å². The number of halogens is 1. The topological polar surface area (TPSA) is 67.6 Å². The fourth-order valence-corrected chi connectivity index (χ4v) is 2.59. The van der Waals surface area contributed by atoms with Crippen molar-refractivity contribution in [2.24, 2.45) is 0 Å². The maximum absolute atomic E-state index is 12.9. The molecule has 6 heteroatoms. The van der Waals surface area contributed by atoms with Gasteiger partial charge in [0.25, 0.3) is 0 Å². The van der Waals surface area contributed by atoms with E-state index in [1.54, 1.807) is 17.0 Å². The van der Waals surface area contributed by atoms with Crippen molar-refractivity contribution in [1.29, 1.82) is 5.41 Å². The van der Waals surface area contributed by atoms with Crippen LogP contribution in [0, 0.1) is 11.2 Å². The van der Waals surface area contributed by atoms with Crippen LogP contribution in [0.4, 0.5) is 10.1 Å². The van der Waals surface area contributed by atoms with Crippen LogP contribution in [0.15, 0.2) is 35.6 Å². The summed E-state index contributed by atoms with van der Waals surface area (Å²) in [6.45, 7) is 5.24. The summed E-state index contributed by atoms with van der Waals surface area (Å²) in [6, 6.07) is 6.31. The summed E-state index contributed by atoms with van der Waals surface area (Å²) in [5.41, 5.74) is 1.00. The first-order valence-corrected chi connectivity index (χ1v) is 7.15. The van der Waals surface area contributed by atoms with Crippen molar-refractivity contribution >= 4 is 17.3 Å². The number of anilines is 1. The average molecular weight is 305 g/mol. The summed E-state index contributed by atoms with van der Waals surface area (Å²) in [5.74, 6) is -0.644. The zero-order chi connectivity index (χ0) is 16.3. The molecule has 5 nitrogen and oxygen atoms in total. The molecule has 0 radical (unpaired) electrons. The van der Waals surface area contributed by atoms with Crippen LogP contribution in [0.3, 0.4) is 0 Å². The highest BCUT2D eigenvalue weighted by Crippen LogP contribution is 2.18. The highest BCUT2D eigenvalue weighted by Gasteiger charge is 2.24. The van der Waals surface area contributed by atoms with E-state index in [2.05, 4.69) is 4.90 Å². The number of rotatable bonds is 3. The zero-order valence-corrected chi connectivity index (χ0v) is 12.8. The quantitative estimate of drug-likeness (QED) is 0.389. The molecule has 1 heterocycles. The summed E-state index contributed by atoms with van der Waals surface area (Å²) in [4.78, 5) is 15.4. The molecular formula is C16H20FN3O2. The van der Waals surface area contributed by atoms with Gasteiger partial charge in [-0.15, -0.1) is 0 Å². The molecule has 2 N–H and O–H groups in total. The SMILES string of the molecule is CC(=O)/C(C(=N)N1CCN(c2ccc(F)cc2)CC1)=C(\C)O. The number of ketones is 1. The number of allylic oxidation sites excluding steroid dienone is 1. The number of benzene rings is 1. The Bertz CT molecular complexity index is 598. The van der Waals surface area contributed by atoms with Gasteiger partial charge in [0.1, 0.15) is 17.4 Å².